The van der Waals surface area contributed by atoms with E-state index in [1.54, 1.807) is 18.2 Å². The molecule has 4 nitrogen and oxygen atoms in total. The lowest BCUT2D eigenvalue weighted by Crippen LogP contribution is -2.38. The highest BCUT2D eigenvalue weighted by molar-refractivity contribution is 6.31. The molecular formula is C16H11ClFNO3. The van der Waals surface area contributed by atoms with Crippen LogP contribution in [0.25, 0.3) is 0 Å². The van der Waals surface area contributed by atoms with Crippen molar-refractivity contribution in [3.63, 3.8) is 0 Å². The number of amides is 1. The van der Waals surface area contributed by atoms with Crippen LogP contribution < -0.4 is 5.32 Å². The third kappa shape index (κ3) is 2.05. The smallest absolute Gasteiger partial charge is 0.305 e. The lowest BCUT2D eigenvalue weighted by atomic mass is 9.72. The van der Waals surface area contributed by atoms with Gasteiger partial charge in [-0.15, -0.1) is 0 Å². The van der Waals surface area contributed by atoms with Crippen molar-refractivity contribution in [2.24, 2.45) is 0 Å². The Kier molecular flexibility index (Phi) is 3.37. The molecule has 6 heteroatoms. The fraction of sp³-hybridized carbons (Fsp3) is 0.125. The Morgan fingerprint density at radius 1 is 1.23 bits per heavy atom. The third-order valence-corrected chi connectivity index (χ3v) is 4.06. The molecule has 0 radical (unpaired) electrons. The third-order valence-electron chi connectivity index (χ3n) is 3.83. The van der Waals surface area contributed by atoms with Gasteiger partial charge in [0.15, 0.2) is 0 Å². The Bertz CT molecular complexity index is 793. The lowest BCUT2D eigenvalue weighted by molar-refractivity contribution is -0.140. The summed E-state index contributed by atoms with van der Waals surface area (Å²) in [6.45, 7) is 0. The normalized spacial score (nSPS) is 19.6. The minimum Gasteiger partial charge on any atom is -0.481 e. The zero-order chi connectivity index (χ0) is 15.9. The van der Waals surface area contributed by atoms with E-state index >= 15 is 0 Å². The molecule has 0 spiro atoms. The van der Waals surface area contributed by atoms with Crippen molar-refractivity contribution in [2.45, 2.75) is 11.8 Å². The number of nitrogens with one attached hydrogen (secondary N) is 1. The molecule has 1 unspecified atom stereocenters. The molecule has 0 saturated heterocycles. The topological polar surface area (TPSA) is 66.4 Å². The molecule has 2 aromatic carbocycles. The first-order valence-corrected chi connectivity index (χ1v) is 6.91. The molecule has 2 aromatic rings. The summed E-state index contributed by atoms with van der Waals surface area (Å²) in [5.74, 6) is -2.41. The zero-order valence-corrected chi connectivity index (χ0v) is 12.0. The Morgan fingerprint density at radius 3 is 2.64 bits per heavy atom. The molecular weight excluding hydrogens is 309 g/mol. The van der Waals surface area contributed by atoms with E-state index in [-0.39, 0.29) is 5.56 Å². The maximum atomic E-state index is 14.3. The van der Waals surface area contributed by atoms with Crippen LogP contribution in [0.15, 0.2) is 42.5 Å². The predicted octanol–water partition coefficient (Wildman–Crippen LogP) is 3.19. The van der Waals surface area contributed by atoms with Gasteiger partial charge in [0, 0.05) is 16.3 Å². The fourth-order valence-corrected chi connectivity index (χ4v) is 3.07. The fourth-order valence-electron chi connectivity index (χ4n) is 2.90. The number of carbonyl (C=O) groups is 2. The van der Waals surface area contributed by atoms with E-state index in [9.17, 15) is 19.1 Å². The molecule has 2 N–H and O–H groups in total. The summed E-state index contributed by atoms with van der Waals surface area (Å²) < 4.78 is 14.3. The van der Waals surface area contributed by atoms with Crippen molar-refractivity contribution < 1.29 is 19.1 Å². The molecule has 0 saturated carbocycles. The molecule has 1 atom stereocenters. The standard InChI is InChI=1S/C16H11ClFNO3/c17-9-5-6-13-11(7-9)16(8-14(20)21,15(22)19-13)10-3-1-2-4-12(10)18/h1-7H,8H2,(H,19,22)(H,20,21). The monoisotopic (exact) mass is 319 g/mol. The van der Waals surface area contributed by atoms with E-state index in [1.165, 1.54) is 24.3 Å². The minimum absolute atomic E-state index is 0.0240. The summed E-state index contributed by atoms with van der Waals surface area (Å²) in [7, 11) is 0. The van der Waals surface area contributed by atoms with Gasteiger partial charge in [0.2, 0.25) is 5.91 Å². The average Bonchev–Trinajstić information content (AvgIpc) is 2.72. The van der Waals surface area contributed by atoms with Gasteiger partial charge in [0.25, 0.3) is 0 Å². The van der Waals surface area contributed by atoms with Crippen LogP contribution in [0.2, 0.25) is 5.02 Å². The first-order chi connectivity index (χ1) is 10.4. The number of benzene rings is 2. The average molecular weight is 320 g/mol. The molecule has 0 bridgehead atoms. The predicted molar refractivity (Wildman–Crippen MR) is 79.5 cm³/mol. The molecule has 1 aliphatic heterocycles. The van der Waals surface area contributed by atoms with Gasteiger partial charge in [-0.25, -0.2) is 4.39 Å². The number of aliphatic carboxylic acids is 1. The number of carboxylic acids is 1. The summed E-state index contributed by atoms with van der Waals surface area (Å²) in [4.78, 5) is 23.9. The largest absolute Gasteiger partial charge is 0.481 e. The molecule has 22 heavy (non-hydrogen) atoms. The second-order valence-electron chi connectivity index (χ2n) is 5.10. The number of carbonyl (C=O) groups excluding carboxylic acids is 1. The van der Waals surface area contributed by atoms with Crippen molar-refractivity contribution in [1.82, 2.24) is 0 Å². The highest BCUT2D eigenvalue weighted by atomic mass is 35.5. The van der Waals surface area contributed by atoms with Crippen LogP contribution in [0.1, 0.15) is 17.5 Å². The van der Waals surface area contributed by atoms with Crippen LogP contribution in [-0.2, 0) is 15.0 Å². The zero-order valence-electron chi connectivity index (χ0n) is 11.3. The van der Waals surface area contributed by atoms with E-state index in [4.69, 9.17) is 11.6 Å². The van der Waals surface area contributed by atoms with E-state index in [2.05, 4.69) is 5.32 Å². The van der Waals surface area contributed by atoms with Crippen LogP contribution >= 0.6 is 11.6 Å². The minimum atomic E-state index is -1.63. The number of halogens is 2. The number of rotatable bonds is 3. The van der Waals surface area contributed by atoms with Crippen molar-refractivity contribution in [2.75, 3.05) is 5.32 Å². The Balaban J connectivity index is 2.33. The summed E-state index contributed by atoms with van der Waals surface area (Å²) in [6, 6.07) is 10.3. The number of fused-ring (bicyclic) bond motifs is 1. The maximum Gasteiger partial charge on any atom is 0.305 e. The van der Waals surface area contributed by atoms with Crippen LogP contribution in [0.4, 0.5) is 10.1 Å². The molecule has 112 valence electrons. The van der Waals surface area contributed by atoms with Gasteiger partial charge in [-0.05, 0) is 29.8 Å². The van der Waals surface area contributed by atoms with E-state index in [0.29, 0.717) is 16.3 Å². The second kappa shape index (κ2) is 5.10. The first-order valence-electron chi connectivity index (χ1n) is 6.53. The Hall–Kier alpha value is -2.40. The SMILES string of the molecule is O=C(O)CC1(c2ccccc2F)C(=O)Nc2ccc(Cl)cc21. The van der Waals surface area contributed by atoms with Gasteiger partial charge in [-0.1, -0.05) is 29.8 Å². The Labute approximate surface area is 130 Å². The maximum absolute atomic E-state index is 14.3. The van der Waals surface area contributed by atoms with Crippen LogP contribution in [0.3, 0.4) is 0 Å². The van der Waals surface area contributed by atoms with Crippen LogP contribution in [0.5, 0.6) is 0 Å². The van der Waals surface area contributed by atoms with Crippen molar-refractivity contribution in [1.29, 1.82) is 0 Å². The summed E-state index contributed by atoms with van der Waals surface area (Å²) >= 11 is 5.98. The highest BCUT2D eigenvalue weighted by Crippen LogP contribution is 2.46. The molecule has 0 aliphatic carbocycles. The molecule has 3 rings (SSSR count). The van der Waals surface area contributed by atoms with Crippen LogP contribution in [0, 0.1) is 5.82 Å². The van der Waals surface area contributed by atoms with Gasteiger partial charge in [0.1, 0.15) is 11.2 Å². The number of anilines is 1. The quantitative estimate of drug-likeness (QED) is 0.913. The Morgan fingerprint density at radius 2 is 1.95 bits per heavy atom. The molecule has 0 aromatic heterocycles. The van der Waals surface area contributed by atoms with Gasteiger partial charge in [-0.3, -0.25) is 9.59 Å². The molecule has 1 aliphatic rings. The van der Waals surface area contributed by atoms with Crippen LogP contribution in [-0.4, -0.2) is 17.0 Å². The van der Waals surface area contributed by atoms with Crippen molar-refractivity contribution in [3.05, 3.63) is 64.4 Å². The summed E-state index contributed by atoms with van der Waals surface area (Å²) in [5, 5.41) is 12.2. The number of hydrogen-bond acceptors (Lipinski definition) is 2. The molecule has 1 amide bonds. The van der Waals surface area contributed by atoms with Crippen molar-refractivity contribution in [3.8, 4) is 0 Å². The van der Waals surface area contributed by atoms with E-state index < -0.39 is 29.5 Å². The van der Waals surface area contributed by atoms with Gasteiger partial charge < -0.3 is 10.4 Å². The molecule has 1 heterocycles. The summed E-state index contributed by atoms with van der Waals surface area (Å²) in [6.07, 6.45) is -0.562. The van der Waals surface area contributed by atoms with Crippen molar-refractivity contribution >= 4 is 29.2 Å². The first kappa shape index (κ1) is 14.5. The number of hydrogen-bond donors (Lipinski definition) is 2. The van der Waals surface area contributed by atoms with E-state index in [1.807, 2.05) is 0 Å². The lowest BCUT2D eigenvalue weighted by Gasteiger charge is -2.26. The highest BCUT2D eigenvalue weighted by Gasteiger charge is 2.51. The number of carboxylic acid groups (broad SMARTS) is 1. The van der Waals surface area contributed by atoms with E-state index in [0.717, 1.165) is 0 Å². The van der Waals surface area contributed by atoms with Gasteiger partial charge in [0.05, 0.1) is 6.42 Å². The second-order valence-corrected chi connectivity index (χ2v) is 5.54. The van der Waals surface area contributed by atoms with Gasteiger partial charge >= 0.3 is 5.97 Å². The molecule has 0 fully saturated rings. The van der Waals surface area contributed by atoms with Gasteiger partial charge in [-0.2, -0.15) is 0 Å². The summed E-state index contributed by atoms with van der Waals surface area (Å²) in [5.41, 5.74) is -0.787.